The van der Waals surface area contributed by atoms with E-state index >= 15 is 0 Å². The van der Waals surface area contributed by atoms with Crippen LogP contribution in [0.1, 0.15) is 19.8 Å². The van der Waals surface area contributed by atoms with E-state index in [0.29, 0.717) is 4.90 Å². The highest BCUT2D eigenvalue weighted by atomic mass is 35.5. The van der Waals surface area contributed by atoms with Crippen LogP contribution in [0.15, 0.2) is 22.6 Å². The predicted molar refractivity (Wildman–Crippen MR) is 83.8 cm³/mol. The van der Waals surface area contributed by atoms with Crippen molar-refractivity contribution in [3.8, 4) is 22.8 Å². The van der Waals surface area contributed by atoms with Crippen LogP contribution in [0.5, 0.6) is 11.5 Å². The van der Waals surface area contributed by atoms with Crippen molar-refractivity contribution in [1.29, 1.82) is 0 Å². The number of imide groups is 1. The van der Waals surface area contributed by atoms with Crippen molar-refractivity contribution in [3.05, 3.63) is 29.0 Å². The van der Waals surface area contributed by atoms with Gasteiger partial charge in [0.2, 0.25) is 23.3 Å². The van der Waals surface area contributed by atoms with Crippen LogP contribution in [-0.4, -0.2) is 22.9 Å². The molecule has 0 saturated carbocycles. The first-order valence-electron chi connectivity index (χ1n) is 7.15. The van der Waals surface area contributed by atoms with Crippen LogP contribution < -0.4 is 9.64 Å². The van der Waals surface area contributed by atoms with Gasteiger partial charge in [-0.25, -0.2) is 9.29 Å². The minimum atomic E-state index is -0.812. The monoisotopic (exact) mass is 367 g/mol. The maximum atomic E-state index is 13.5. The quantitative estimate of drug-likeness (QED) is 0.661. The summed E-state index contributed by atoms with van der Waals surface area (Å²) in [7, 11) is 0. The number of amides is 2. The van der Waals surface area contributed by atoms with Crippen LogP contribution in [0.4, 0.5) is 10.3 Å². The lowest BCUT2D eigenvalue weighted by atomic mass is 10.1. The van der Waals surface area contributed by atoms with E-state index < -0.39 is 41.0 Å². The molecule has 3 rings (SSSR count). The van der Waals surface area contributed by atoms with Gasteiger partial charge in [0.15, 0.2) is 5.76 Å². The molecule has 2 aromatic rings. The van der Waals surface area contributed by atoms with Crippen LogP contribution in [0, 0.1) is 5.82 Å². The van der Waals surface area contributed by atoms with E-state index in [4.69, 9.17) is 20.8 Å². The maximum Gasteiger partial charge on any atom is 0.308 e. The molecular formula is C16H11ClFNO6. The Morgan fingerprint density at radius 3 is 2.56 bits per heavy atom. The van der Waals surface area contributed by atoms with Gasteiger partial charge in [-0.3, -0.25) is 14.4 Å². The first-order valence-corrected chi connectivity index (χ1v) is 7.52. The molecule has 7 nitrogen and oxygen atoms in total. The second-order valence-corrected chi connectivity index (χ2v) is 5.66. The van der Waals surface area contributed by atoms with Crippen molar-refractivity contribution in [2.75, 3.05) is 4.90 Å². The van der Waals surface area contributed by atoms with Crippen molar-refractivity contribution in [2.24, 2.45) is 0 Å². The molecule has 25 heavy (non-hydrogen) atoms. The Morgan fingerprint density at radius 1 is 1.32 bits per heavy atom. The fourth-order valence-corrected chi connectivity index (χ4v) is 2.64. The number of anilines is 1. The zero-order valence-electron chi connectivity index (χ0n) is 12.8. The van der Waals surface area contributed by atoms with Gasteiger partial charge in [0.05, 0.1) is 5.02 Å². The summed E-state index contributed by atoms with van der Waals surface area (Å²) in [4.78, 5) is 35.9. The zero-order chi connectivity index (χ0) is 18.3. The standard InChI is InChI=1S/C16H11ClFNO6/c1-7(20)24-15-13(23)14(9-6-8(18)2-3-10(9)17)25-16(15)19-11(21)4-5-12(19)22/h2-3,6,23H,4-5H2,1H3. The molecule has 1 fully saturated rings. The van der Waals surface area contributed by atoms with Gasteiger partial charge in [0.25, 0.3) is 5.88 Å². The average molecular weight is 368 g/mol. The van der Waals surface area contributed by atoms with E-state index in [1.807, 2.05) is 0 Å². The Kier molecular flexibility index (Phi) is 4.22. The second-order valence-electron chi connectivity index (χ2n) is 5.25. The number of halogens is 2. The molecule has 0 atom stereocenters. The fourth-order valence-electron chi connectivity index (χ4n) is 2.44. The summed E-state index contributed by atoms with van der Waals surface area (Å²) in [6.45, 7) is 1.07. The molecule has 1 N–H and O–H groups in total. The highest BCUT2D eigenvalue weighted by molar-refractivity contribution is 6.33. The number of hydrogen-bond acceptors (Lipinski definition) is 6. The number of nitrogens with zero attached hydrogens (tertiary/aromatic N) is 1. The van der Waals surface area contributed by atoms with Crippen molar-refractivity contribution >= 4 is 35.3 Å². The summed E-state index contributed by atoms with van der Waals surface area (Å²) in [6, 6.07) is 3.34. The Bertz CT molecular complexity index is 890. The number of ether oxygens (including phenoxy) is 1. The van der Waals surface area contributed by atoms with E-state index in [9.17, 15) is 23.9 Å². The molecular weight excluding hydrogens is 357 g/mol. The molecule has 1 aliphatic rings. The number of furan rings is 1. The highest BCUT2D eigenvalue weighted by Gasteiger charge is 2.38. The normalized spacial score (nSPS) is 14.3. The number of esters is 1. The third-order valence-electron chi connectivity index (χ3n) is 3.50. The molecule has 0 bridgehead atoms. The predicted octanol–water partition coefficient (Wildman–Crippen LogP) is 3.02. The van der Waals surface area contributed by atoms with Crippen LogP contribution in [0.25, 0.3) is 11.3 Å². The first kappa shape index (κ1) is 17.0. The van der Waals surface area contributed by atoms with Crippen LogP contribution in [0.3, 0.4) is 0 Å². The molecule has 1 aromatic carbocycles. The lowest BCUT2D eigenvalue weighted by molar-refractivity contribution is -0.132. The van der Waals surface area contributed by atoms with Crippen LogP contribution in [-0.2, 0) is 14.4 Å². The summed E-state index contributed by atoms with van der Waals surface area (Å²) in [6.07, 6.45) is -0.0915. The van der Waals surface area contributed by atoms with E-state index in [1.165, 1.54) is 6.07 Å². The number of benzene rings is 1. The van der Waals surface area contributed by atoms with Gasteiger partial charge in [-0.05, 0) is 18.2 Å². The molecule has 0 aliphatic carbocycles. The van der Waals surface area contributed by atoms with Crippen molar-refractivity contribution in [1.82, 2.24) is 0 Å². The van der Waals surface area contributed by atoms with Crippen molar-refractivity contribution in [3.63, 3.8) is 0 Å². The minimum Gasteiger partial charge on any atom is -0.502 e. The Balaban J connectivity index is 2.22. The van der Waals surface area contributed by atoms with Crippen molar-refractivity contribution in [2.45, 2.75) is 19.8 Å². The summed E-state index contributed by atoms with van der Waals surface area (Å²) >= 11 is 5.99. The molecule has 9 heteroatoms. The molecule has 0 spiro atoms. The smallest absolute Gasteiger partial charge is 0.308 e. The van der Waals surface area contributed by atoms with Gasteiger partial charge in [-0.1, -0.05) is 11.6 Å². The summed E-state index contributed by atoms with van der Waals surface area (Å²) in [5.74, 6) is -4.59. The Labute approximate surface area is 145 Å². The number of hydrogen-bond donors (Lipinski definition) is 1. The Hall–Kier alpha value is -2.87. The molecule has 2 heterocycles. The third kappa shape index (κ3) is 2.96. The SMILES string of the molecule is CC(=O)Oc1c(N2C(=O)CCC2=O)oc(-c2cc(F)ccc2Cl)c1O. The molecule has 1 aromatic heterocycles. The van der Waals surface area contributed by atoms with E-state index in [2.05, 4.69) is 0 Å². The molecule has 2 amide bonds. The number of rotatable bonds is 3. The van der Waals surface area contributed by atoms with E-state index in [1.54, 1.807) is 0 Å². The number of carbonyl (C=O) groups excluding carboxylic acids is 3. The molecule has 0 unspecified atom stereocenters. The van der Waals surface area contributed by atoms with Crippen LogP contribution >= 0.6 is 11.6 Å². The van der Waals surface area contributed by atoms with Gasteiger partial charge in [0.1, 0.15) is 5.82 Å². The zero-order valence-corrected chi connectivity index (χ0v) is 13.6. The molecule has 0 radical (unpaired) electrons. The summed E-state index contributed by atoms with van der Waals surface area (Å²) in [5, 5.41) is 10.4. The van der Waals surface area contributed by atoms with E-state index in [-0.39, 0.29) is 29.2 Å². The fraction of sp³-hybridized carbons (Fsp3) is 0.188. The highest BCUT2D eigenvalue weighted by Crippen LogP contribution is 2.50. The number of aromatic hydroxyl groups is 1. The lowest BCUT2D eigenvalue weighted by Gasteiger charge is -2.11. The van der Waals surface area contributed by atoms with Crippen LogP contribution in [0.2, 0.25) is 5.02 Å². The van der Waals surface area contributed by atoms with Crippen molar-refractivity contribution < 1.29 is 33.0 Å². The van der Waals surface area contributed by atoms with Gasteiger partial charge in [0, 0.05) is 25.3 Å². The largest absolute Gasteiger partial charge is 0.502 e. The maximum absolute atomic E-state index is 13.5. The first-order chi connectivity index (χ1) is 11.8. The summed E-state index contributed by atoms with van der Waals surface area (Å²) < 4.78 is 23.8. The van der Waals surface area contributed by atoms with Gasteiger partial charge < -0.3 is 14.3 Å². The lowest BCUT2D eigenvalue weighted by Crippen LogP contribution is -2.28. The third-order valence-corrected chi connectivity index (χ3v) is 3.83. The Morgan fingerprint density at radius 2 is 1.96 bits per heavy atom. The number of carbonyl (C=O) groups is 3. The summed E-state index contributed by atoms with van der Waals surface area (Å²) in [5.41, 5.74) is -0.0297. The topological polar surface area (TPSA) is 97.0 Å². The molecule has 130 valence electrons. The molecule has 1 saturated heterocycles. The second kappa shape index (κ2) is 6.21. The minimum absolute atomic E-state index is 0.0297. The van der Waals surface area contributed by atoms with Gasteiger partial charge >= 0.3 is 5.97 Å². The average Bonchev–Trinajstić information content (AvgIpc) is 3.02. The van der Waals surface area contributed by atoms with Gasteiger partial charge in [-0.2, -0.15) is 0 Å². The molecule has 1 aliphatic heterocycles. The van der Waals surface area contributed by atoms with Gasteiger partial charge in [-0.15, -0.1) is 0 Å². The van der Waals surface area contributed by atoms with E-state index in [0.717, 1.165) is 19.1 Å².